The van der Waals surface area contributed by atoms with Crippen molar-refractivity contribution in [2.75, 3.05) is 13.1 Å². The largest absolute Gasteiger partial charge is 0.330 e. The van der Waals surface area contributed by atoms with Gasteiger partial charge in [0.2, 0.25) is 10.0 Å². The fraction of sp³-hybridized carbons (Fsp3) is 0.500. The summed E-state index contributed by atoms with van der Waals surface area (Å²) in [5, 5.41) is 0. The van der Waals surface area contributed by atoms with Crippen molar-refractivity contribution in [3.8, 4) is 0 Å². The van der Waals surface area contributed by atoms with Crippen molar-refractivity contribution < 1.29 is 8.42 Å². The molecule has 0 fully saturated rings. The van der Waals surface area contributed by atoms with Gasteiger partial charge < -0.3 is 5.73 Å². The predicted octanol–water partition coefficient (Wildman–Crippen LogP) is 1.76. The van der Waals surface area contributed by atoms with Gasteiger partial charge >= 0.3 is 0 Å². The van der Waals surface area contributed by atoms with Gasteiger partial charge in [-0.25, -0.2) is 13.1 Å². The lowest BCUT2D eigenvalue weighted by atomic mass is 10.4. The van der Waals surface area contributed by atoms with E-state index >= 15 is 0 Å². The molecule has 0 atom stereocenters. The zero-order valence-corrected chi connectivity index (χ0v) is 11.9. The van der Waals surface area contributed by atoms with Crippen molar-refractivity contribution in [2.24, 2.45) is 5.73 Å². The number of aryl methyl sites for hydroxylation is 1. The summed E-state index contributed by atoms with van der Waals surface area (Å²) in [5.74, 6) is 0. The highest BCUT2D eigenvalue weighted by atomic mass is 35.5. The molecule has 0 spiro atoms. The van der Waals surface area contributed by atoms with Crippen molar-refractivity contribution in [3.63, 3.8) is 0 Å². The maximum Gasteiger partial charge on any atom is 0.250 e. The lowest BCUT2D eigenvalue weighted by Gasteiger charge is -2.02. The van der Waals surface area contributed by atoms with Crippen molar-refractivity contribution >= 4 is 45.4 Å². The number of nitrogens with two attached hydrogens (primary N) is 1. The second-order valence-corrected chi connectivity index (χ2v) is 6.71. The third kappa shape index (κ3) is 4.20. The Labute approximate surface area is 111 Å². The normalized spacial score (nSPS) is 11.2. The van der Waals surface area contributed by atoms with E-state index in [9.17, 15) is 8.42 Å². The van der Waals surface area contributed by atoms with Crippen LogP contribution < -0.4 is 10.5 Å². The van der Waals surface area contributed by atoms with E-state index in [0.717, 1.165) is 16.9 Å². The van der Waals surface area contributed by atoms with Crippen LogP contribution in [0.3, 0.4) is 0 Å². The Balaban J connectivity index is 0.00000225. The van der Waals surface area contributed by atoms with E-state index in [0.29, 0.717) is 23.8 Å². The zero-order chi connectivity index (χ0) is 11.5. The predicted molar refractivity (Wildman–Crippen MR) is 70.2 cm³/mol. The maximum atomic E-state index is 11.7. The fourth-order valence-corrected chi connectivity index (χ4v) is 3.77. The number of hydrogen-bond acceptors (Lipinski definition) is 4. The number of nitrogens with one attached hydrogen (secondary N) is 1. The SMILES string of the molecule is Cc1cc(S(=O)(=O)NCCCN)sc1Cl.Cl. The number of hydrogen-bond donors (Lipinski definition) is 2. The number of rotatable bonds is 5. The summed E-state index contributed by atoms with van der Waals surface area (Å²) in [6.07, 6.45) is 0.622. The van der Waals surface area contributed by atoms with Crippen LogP contribution in [0.25, 0.3) is 0 Å². The third-order valence-corrected chi connectivity index (χ3v) is 5.26. The monoisotopic (exact) mass is 304 g/mol. The Hall–Kier alpha value is 0.150. The van der Waals surface area contributed by atoms with Crippen molar-refractivity contribution in [2.45, 2.75) is 17.6 Å². The minimum Gasteiger partial charge on any atom is -0.330 e. The fourth-order valence-electron chi connectivity index (χ4n) is 0.944. The maximum absolute atomic E-state index is 11.7. The summed E-state index contributed by atoms with van der Waals surface area (Å²) in [6.45, 7) is 2.60. The molecule has 0 amide bonds. The van der Waals surface area contributed by atoms with Gasteiger partial charge in [-0.15, -0.1) is 23.7 Å². The molecule has 0 aliphatic heterocycles. The first-order chi connectivity index (χ1) is 6.97. The van der Waals surface area contributed by atoms with Crippen molar-refractivity contribution in [1.82, 2.24) is 4.72 Å². The molecule has 0 aliphatic carbocycles. The quantitative estimate of drug-likeness (QED) is 0.814. The van der Waals surface area contributed by atoms with E-state index in [1.807, 2.05) is 0 Å². The Morgan fingerprint density at radius 2 is 2.19 bits per heavy atom. The molecule has 4 nitrogen and oxygen atoms in total. The van der Waals surface area contributed by atoms with Gasteiger partial charge in [0, 0.05) is 6.54 Å². The minimum atomic E-state index is -3.41. The summed E-state index contributed by atoms with van der Waals surface area (Å²) in [5.41, 5.74) is 6.05. The Morgan fingerprint density at radius 3 is 2.62 bits per heavy atom. The minimum absolute atomic E-state index is 0. The van der Waals surface area contributed by atoms with E-state index in [2.05, 4.69) is 4.72 Å². The van der Waals surface area contributed by atoms with Gasteiger partial charge in [0.1, 0.15) is 4.21 Å². The molecule has 0 saturated heterocycles. The molecule has 0 aliphatic rings. The highest BCUT2D eigenvalue weighted by molar-refractivity contribution is 7.91. The van der Waals surface area contributed by atoms with Gasteiger partial charge in [0.05, 0.1) is 4.34 Å². The molecule has 1 rings (SSSR count). The van der Waals surface area contributed by atoms with Gasteiger partial charge in [-0.2, -0.15) is 0 Å². The van der Waals surface area contributed by atoms with Crippen LogP contribution in [0.2, 0.25) is 4.34 Å². The van der Waals surface area contributed by atoms with E-state index in [-0.39, 0.29) is 16.6 Å². The molecule has 8 heteroatoms. The van der Waals surface area contributed by atoms with E-state index in [1.54, 1.807) is 13.0 Å². The average Bonchev–Trinajstić information content (AvgIpc) is 2.48. The first-order valence-corrected chi connectivity index (χ1v) is 7.11. The molecule has 0 aromatic carbocycles. The topological polar surface area (TPSA) is 72.2 Å². The Morgan fingerprint density at radius 1 is 1.56 bits per heavy atom. The van der Waals surface area contributed by atoms with E-state index < -0.39 is 10.0 Å². The molecule has 94 valence electrons. The van der Waals surface area contributed by atoms with Crippen LogP contribution >= 0.6 is 35.3 Å². The van der Waals surface area contributed by atoms with Crippen LogP contribution in [0.5, 0.6) is 0 Å². The summed E-state index contributed by atoms with van der Waals surface area (Å²) in [4.78, 5) is 0. The van der Waals surface area contributed by atoms with Gasteiger partial charge in [-0.1, -0.05) is 11.6 Å². The third-order valence-electron chi connectivity index (χ3n) is 1.77. The molecular formula is C8H14Cl2N2O2S2. The van der Waals surface area contributed by atoms with Crippen LogP contribution in [0, 0.1) is 6.92 Å². The summed E-state index contributed by atoms with van der Waals surface area (Å²) >= 11 is 6.87. The number of halogens is 2. The molecule has 1 aromatic heterocycles. The van der Waals surface area contributed by atoms with Crippen LogP contribution in [0.4, 0.5) is 0 Å². The highest BCUT2D eigenvalue weighted by Crippen LogP contribution is 2.29. The first kappa shape index (κ1) is 16.1. The van der Waals surface area contributed by atoms with Gasteiger partial charge in [-0.3, -0.25) is 0 Å². The van der Waals surface area contributed by atoms with Gasteiger partial charge in [0.25, 0.3) is 0 Å². The molecule has 16 heavy (non-hydrogen) atoms. The molecular weight excluding hydrogens is 291 g/mol. The molecule has 1 aromatic rings. The summed E-state index contributed by atoms with van der Waals surface area (Å²) in [7, 11) is -3.41. The molecule has 0 radical (unpaired) electrons. The molecule has 3 N–H and O–H groups in total. The van der Waals surface area contributed by atoms with E-state index in [4.69, 9.17) is 17.3 Å². The van der Waals surface area contributed by atoms with Crippen LogP contribution in [0.1, 0.15) is 12.0 Å². The Bertz CT molecular complexity index is 412. The second kappa shape index (κ2) is 6.78. The number of thiophene rings is 1. The highest BCUT2D eigenvalue weighted by Gasteiger charge is 2.17. The van der Waals surface area contributed by atoms with Crippen LogP contribution in [-0.4, -0.2) is 21.5 Å². The van der Waals surface area contributed by atoms with Crippen LogP contribution in [0.15, 0.2) is 10.3 Å². The average molecular weight is 305 g/mol. The smallest absolute Gasteiger partial charge is 0.250 e. The molecule has 0 unspecified atom stereocenters. The summed E-state index contributed by atoms with van der Waals surface area (Å²) < 4.78 is 26.6. The zero-order valence-electron chi connectivity index (χ0n) is 8.70. The standard InChI is InChI=1S/C8H13ClN2O2S2.ClH/c1-6-5-7(14-8(6)9)15(12,13)11-4-2-3-10;/h5,11H,2-4,10H2,1H3;1H. The molecule has 0 saturated carbocycles. The van der Waals surface area contributed by atoms with Crippen LogP contribution in [-0.2, 0) is 10.0 Å². The van der Waals surface area contributed by atoms with E-state index in [1.165, 1.54) is 0 Å². The van der Waals surface area contributed by atoms with Gasteiger partial charge in [-0.05, 0) is 31.5 Å². The first-order valence-electron chi connectivity index (χ1n) is 4.43. The van der Waals surface area contributed by atoms with Crippen molar-refractivity contribution in [3.05, 3.63) is 16.0 Å². The molecule has 0 bridgehead atoms. The number of sulfonamides is 1. The lowest BCUT2D eigenvalue weighted by Crippen LogP contribution is -2.25. The molecule has 1 heterocycles. The Kier molecular flexibility index (Phi) is 6.84. The van der Waals surface area contributed by atoms with Gasteiger partial charge in [0.15, 0.2) is 0 Å². The lowest BCUT2D eigenvalue weighted by molar-refractivity contribution is 0.581. The van der Waals surface area contributed by atoms with Crippen molar-refractivity contribution in [1.29, 1.82) is 0 Å². The summed E-state index contributed by atoms with van der Waals surface area (Å²) in [6, 6.07) is 1.57. The second-order valence-electron chi connectivity index (χ2n) is 3.06.